The Balaban J connectivity index is 1.75. The van der Waals surface area contributed by atoms with Gasteiger partial charge in [-0.2, -0.15) is 0 Å². The van der Waals surface area contributed by atoms with E-state index in [1.165, 1.54) is 33.3 Å². The summed E-state index contributed by atoms with van der Waals surface area (Å²) in [5, 5.41) is 2.53. The van der Waals surface area contributed by atoms with Crippen molar-refractivity contribution in [3.05, 3.63) is 132 Å². The van der Waals surface area contributed by atoms with Gasteiger partial charge in [-0.25, -0.2) is 0 Å². The molecule has 0 spiro atoms. The second-order valence-electron chi connectivity index (χ2n) is 9.38. The van der Waals surface area contributed by atoms with Crippen LogP contribution in [0, 0.1) is 11.3 Å². The smallest absolute Gasteiger partial charge is 0.0657 e. The highest BCUT2D eigenvalue weighted by atomic mass is 15.2. The Bertz CT molecular complexity index is 1290. The lowest BCUT2D eigenvalue weighted by molar-refractivity contribution is 0.578. The zero-order valence-corrected chi connectivity index (χ0v) is 19.0. The zero-order valence-electron chi connectivity index (χ0n) is 19.0. The van der Waals surface area contributed by atoms with E-state index < -0.39 is 0 Å². The minimum atomic E-state index is 0.0278. The van der Waals surface area contributed by atoms with Gasteiger partial charge in [0.15, 0.2) is 0 Å². The molecule has 2 aromatic rings. The molecule has 3 aliphatic rings. The Hall–Kier alpha value is -3.54. The molecule has 0 radical (unpaired) electrons. The van der Waals surface area contributed by atoms with E-state index in [1.807, 2.05) is 6.08 Å². The van der Waals surface area contributed by atoms with Gasteiger partial charge in [0.2, 0.25) is 0 Å². The lowest BCUT2D eigenvalue weighted by atomic mass is 9.83. The van der Waals surface area contributed by atoms with Crippen molar-refractivity contribution in [3.63, 3.8) is 0 Å². The van der Waals surface area contributed by atoms with Crippen LogP contribution < -0.4 is 4.90 Å². The fraction of sp³-hybridized carbons (Fsp3) is 0.194. The Morgan fingerprint density at radius 2 is 1.75 bits per heavy atom. The highest BCUT2D eigenvalue weighted by Crippen LogP contribution is 2.40. The molecule has 3 aliphatic carbocycles. The molecule has 2 aromatic carbocycles. The van der Waals surface area contributed by atoms with E-state index in [-0.39, 0.29) is 11.5 Å². The Labute approximate surface area is 191 Å². The Morgan fingerprint density at radius 3 is 2.66 bits per heavy atom. The molecule has 0 N–H and O–H groups in total. The lowest BCUT2D eigenvalue weighted by Crippen LogP contribution is -2.41. The molecule has 2 atom stereocenters. The zero-order chi connectivity index (χ0) is 22.1. The highest BCUT2D eigenvalue weighted by molar-refractivity contribution is 5.95. The third-order valence-corrected chi connectivity index (χ3v) is 6.50. The summed E-state index contributed by atoms with van der Waals surface area (Å²) in [5.74, 6) is 0.346. The van der Waals surface area contributed by atoms with Crippen LogP contribution in [0.4, 0.5) is 5.69 Å². The minimum absolute atomic E-state index is 0.0278. The number of hydrogen-bond donors (Lipinski definition) is 0. The monoisotopic (exact) mass is 415 g/mol. The molecule has 0 amide bonds. The summed E-state index contributed by atoms with van der Waals surface area (Å²) in [5.41, 5.74) is 8.32. The summed E-state index contributed by atoms with van der Waals surface area (Å²) in [6.07, 6.45) is 24.4. The van der Waals surface area contributed by atoms with E-state index in [0.29, 0.717) is 5.92 Å². The minimum Gasteiger partial charge on any atom is -0.333 e. The van der Waals surface area contributed by atoms with Crippen molar-refractivity contribution in [1.82, 2.24) is 0 Å². The summed E-state index contributed by atoms with van der Waals surface area (Å²) in [7, 11) is 0. The van der Waals surface area contributed by atoms with Crippen molar-refractivity contribution in [2.24, 2.45) is 11.3 Å². The predicted molar refractivity (Wildman–Crippen MR) is 137 cm³/mol. The summed E-state index contributed by atoms with van der Waals surface area (Å²) < 4.78 is 0. The second-order valence-corrected chi connectivity index (χ2v) is 9.38. The van der Waals surface area contributed by atoms with E-state index in [1.54, 1.807) is 0 Å². The average Bonchev–Trinajstić information content (AvgIpc) is 3.13. The number of allylic oxidation sites excluding steroid dienone is 9. The molecule has 0 bridgehead atoms. The molecule has 1 heteroatoms. The van der Waals surface area contributed by atoms with Crippen molar-refractivity contribution in [1.29, 1.82) is 0 Å². The Kier molecular flexibility index (Phi) is 5.21. The van der Waals surface area contributed by atoms with Crippen LogP contribution in [-0.4, -0.2) is 6.04 Å². The first-order chi connectivity index (χ1) is 15.5. The van der Waals surface area contributed by atoms with E-state index in [2.05, 4.69) is 135 Å². The quantitative estimate of drug-likeness (QED) is 0.462. The van der Waals surface area contributed by atoms with Crippen molar-refractivity contribution in [3.8, 4) is 0 Å². The van der Waals surface area contributed by atoms with Gasteiger partial charge < -0.3 is 4.90 Å². The number of benzene rings is 2. The molecule has 32 heavy (non-hydrogen) atoms. The average molecular weight is 416 g/mol. The maximum atomic E-state index is 3.29. The van der Waals surface area contributed by atoms with Crippen LogP contribution >= 0.6 is 0 Å². The molecule has 0 saturated heterocycles. The van der Waals surface area contributed by atoms with Gasteiger partial charge in [-0.05, 0) is 52.8 Å². The van der Waals surface area contributed by atoms with Gasteiger partial charge in [0.1, 0.15) is 0 Å². The molecule has 0 heterocycles. The summed E-state index contributed by atoms with van der Waals surface area (Å²) in [4.78, 5) is 2.54. The van der Waals surface area contributed by atoms with Gasteiger partial charge in [-0.1, -0.05) is 99.7 Å². The fourth-order valence-electron chi connectivity index (χ4n) is 4.79. The number of nitrogens with zero attached hydrogens (tertiary/aromatic N) is 1. The van der Waals surface area contributed by atoms with Gasteiger partial charge in [-0.3, -0.25) is 0 Å². The molecule has 1 nitrogen and oxygen atoms in total. The Morgan fingerprint density at radius 1 is 0.906 bits per heavy atom. The molecule has 0 fully saturated rings. The first-order valence-corrected chi connectivity index (χ1v) is 11.4. The van der Waals surface area contributed by atoms with E-state index >= 15 is 0 Å². The molecule has 0 aliphatic heterocycles. The molecular weight excluding hydrogens is 386 g/mol. The number of anilines is 1. The maximum absolute atomic E-state index is 3.29. The predicted octanol–water partition coefficient (Wildman–Crippen LogP) is 7.83. The maximum Gasteiger partial charge on any atom is 0.0657 e. The fourth-order valence-corrected chi connectivity index (χ4v) is 4.79. The molecule has 2 unspecified atom stereocenters. The van der Waals surface area contributed by atoms with E-state index in [4.69, 9.17) is 0 Å². The molecule has 5 rings (SSSR count). The largest absolute Gasteiger partial charge is 0.333 e. The first-order valence-electron chi connectivity index (χ1n) is 11.4. The van der Waals surface area contributed by atoms with Crippen molar-refractivity contribution in [2.75, 3.05) is 4.90 Å². The van der Waals surface area contributed by atoms with Crippen LogP contribution in [0.25, 0.3) is 10.8 Å². The number of hydrogen-bond acceptors (Lipinski definition) is 1. The SMILES string of the molecule is CC1C=CC2=C(C=CC=C=C2)C1N(C1=CC=CC(C)(C)C=C1)c1cccc2ccccc12. The van der Waals surface area contributed by atoms with Crippen LogP contribution in [0.1, 0.15) is 20.8 Å². The van der Waals surface area contributed by atoms with E-state index in [0.717, 1.165) is 0 Å². The van der Waals surface area contributed by atoms with E-state index in [9.17, 15) is 0 Å². The normalized spacial score (nSPS) is 23.2. The third-order valence-electron chi connectivity index (χ3n) is 6.50. The third kappa shape index (κ3) is 3.77. The van der Waals surface area contributed by atoms with Gasteiger partial charge >= 0.3 is 0 Å². The van der Waals surface area contributed by atoms with Crippen LogP contribution in [0.15, 0.2) is 132 Å². The van der Waals surface area contributed by atoms with Gasteiger partial charge in [0.05, 0.1) is 6.04 Å². The summed E-state index contributed by atoms with van der Waals surface area (Å²) >= 11 is 0. The van der Waals surface area contributed by atoms with Crippen LogP contribution in [0.2, 0.25) is 0 Å². The molecule has 0 aromatic heterocycles. The van der Waals surface area contributed by atoms with Crippen molar-refractivity contribution in [2.45, 2.75) is 26.8 Å². The highest BCUT2D eigenvalue weighted by Gasteiger charge is 2.32. The summed E-state index contributed by atoms with van der Waals surface area (Å²) in [6, 6.07) is 15.5. The van der Waals surface area contributed by atoms with Crippen molar-refractivity contribution < 1.29 is 0 Å². The molecule has 0 saturated carbocycles. The molecule has 158 valence electrons. The standard InChI is InChI=1S/C31H29N/c1-23-18-19-25-11-5-4-6-16-28(25)30(23)32(26-14-10-21-31(2,3)22-20-26)29-17-9-13-24-12-7-8-15-27(24)29/h4,6-23,30H,1-3H3. The topological polar surface area (TPSA) is 3.24 Å². The van der Waals surface area contributed by atoms with Gasteiger partial charge in [0.25, 0.3) is 0 Å². The summed E-state index contributed by atoms with van der Waals surface area (Å²) in [6.45, 7) is 6.81. The first kappa shape index (κ1) is 20.4. The van der Waals surface area contributed by atoms with Gasteiger partial charge in [-0.15, -0.1) is 5.73 Å². The number of fused-ring (bicyclic) bond motifs is 1. The molecular formula is C31H29N. The second kappa shape index (κ2) is 8.19. The van der Waals surface area contributed by atoms with Crippen LogP contribution in [0.5, 0.6) is 0 Å². The van der Waals surface area contributed by atoms with Crippen LogP contribution in [-0.2, 0) is 0 Å². The lowest BCUT2D eigenvalue weighted by Gasteiger charge is -2.40. The van der Waals surface area contributed by atoms with Crippen LogP contribution in [0.3, 0.4) is 0 Å². The number of rotatable bonds is 3. The van der Waals surface area contributed by atoms with Gasteiger partial charge in [0, 0.05) is 22.2 Å². The van der Waals surface area contributed by atoms with Crippen molar-refractivity contribution >= 4 is 16.5 Å².